The fourth-order valence-electron chi connectivity index (χ4n) is 3.51. The fraction of sp³-hybridized carbons (Fsp3) is 0.429. The van der Waals surface area contributed by atoms with Crippen LogP contribution in [0.2, 0.25) is 5.02 Å². The highest BCUT2D eigenvalue weighted by atomic mass is 35.5. The minimum Gasteiger partial charge on any atom is -0.370 e. The number of anilines is 1. The molecule has 5 heteroatoms. The summed E-state index contributed by atoms with van der Waals surface area (Å²) in [5, 5.41) is 4.06. The first-order valence-electron chi connectivity index (χ1n) is 9.42. The number of carbonyl (C=O) groups excluding carboxylic acids is 1. The predicted octanol–water partition coefficient (Wildman–Crippen LogP) is 4.79. The molecule has 26 heavy (non-hydrogen) atoms. The van der Waals surface area contributed by atoms with E-state index in [4.69, 9.17) is 11.6 Å². The molecule has 138 valence electrons. The second-order valence-electron chi connectivity index (χ2n) is 6.80. The maximum absolute atomic E-state index is 12.8. The molecule has 2 heterocycles. The number of rotatable bonds is 6. The molecule has 1 fully saturated rings. The van der Waals surface area contributed by atoms with E-state index in [1.165, 1.54) is 12.0 Å². The van der Waals surface area contributed by atoms with E-state index < -0.39 is 0 Å². The lowest BCUT2D eigenvalue weighted by Gasteiger charge is -2.35. The van der Waals surface area contributed by atoms with E-state index in [9.17, 15) is 4.79 Å². The average Bonchev–Trinajstić information content (AvgIpc) is 2.68. The van der Waals surface area contributed by atoms with Gasteiger partial charge >= 0.3 is 0 Å². The molecule has 1 atom stereocenters. The molecule has 1 aromatic carbocycles. The normalized spacial score (nSPS) is 17.2. The molecule has 0 spiro atoms. The summed E-state index contributed by atoms with van der Waals surface area (Å²) in [6.07, 6.45) is 7.00. The van der Waals surface area contributed by atoms with Crippen LogP contribution in [0.15, 0.2) is 42.6 Å². The van der Waals surface area contributed by atoms with Crippen molar-refractivity contribution in [1.82, 2.24) is 9.88 Å². The number of pyridine rings is 1. The van der Waals surface area contributed by atoms with Gasteiger partial charge in [-0.2, -0.15) is 0 Å². The zero-order valence-electron chi connectivity index (χ0n) is 15.2. The zero-order chi connectivity index (χ0) is 18.4. The van der Waals surface area contributed by atoms with Gasteiger partial charge in [-0.05, 0) is 61.9 Å². The average molecular weight is 372 g/mol. The van der Waals surface area contributed by atoms with E-state index in [1.807, 2.05) is 35.2 Å². The fourth-order valence-corrected chi connectivity index (χ4v) is 3.72. The molecule has 0 aliphatic carbocycles. The van der Waals surface area contributed by atoms with E-state index in [0.29, 0.717) is 11.6 Å². The molecule has 1 amide bonds. The molecule has 0 saturated carbocycles. The largest absolute Gasteiger partial charge is 0.370 e. The highest BCUT2D eigenvalue weighted by Crippen LogP contribution is 2.22. The Labute approximate surface area is 160 Å². The Kier molecular flexibility index (Phi) is 6.51. The van der Waals surface area contributed by atoms with E-state index in [-0.39, 0.29) is 5.91 Å². The number of amides is 1. The van der Waals surface area contributed by atoms with Gasteiger partial charge < -0.3 is 10.2 Å². The van der Waals surface area contributed by atoms with Crippen LogP contribution < -0.4 is 5.32 Å². The molecule has 1 aliphatic heterocycles. The Morgan fingerprint density at radius 3 is 2.92 bits per heavy atom. The molecule has 4 nitrogen and oxygen atoms in total. The van der Waals surface area contributed by atoms with Crippen LogP contribution in [0.25, 0.3) is 0 Å². The number of nitrogens with zero attached hydrogens (tertiary/aromatic N) is 2. The van der Waals surface area contributed by atoms with Crippen LogP contribution in [0, 0.1) is 0 Å². The molecule has 1 N–H and O–H groups in total. The van der Waals surface area contributed by atoms with Crippen LogP contribution in [0.1, 0.15) is 48.5 Å². The first kappa shape index (κ1) is 18.7. The van der Waals surface area contributed by atoms with Crippen LogP contribution >= 0.6 is 11.6 Å². The van der Waals surface area contributed by atoms with Crippen LogP contribution in [-0.2, 0) is 6.42 Å². The summed E-state index contributed by atoms with van der Waals surface area (Å²) in [5.41, 5.74) is 1.86. The Morgan fingerprint density at radius 1 is 1.31 bits per heavy atom. The third-order valence-corrected chi connectivity index (χ3v) is 5.21. The molecule has 1 aliphatic rings. The molecular weight excluding hydrogens is 346 g/mol. The lowest BCUT2D eigenvalue weighted by atomic mass is 9.99. The second kappa shape index (κ2) is 9.04. The van der Waals surface area contributed by atoms with Crippen molar-refractivity contribution in [2.75, 3.05) is 18.4 Å². The molecule has 0 radical (unpaired) electrons. The van der Waals surface area contributed by atoms with Crippen molar-refractivity contribution in [3.63, 3.8) is 0 Å². The zero-order valence-corrected chi connectivity index (χ0v) is 16.0. The maximum Gasteiger partial charge on any atom is 0.255 e. The Morgan fingerprint density at radius 2 is 2.19 bits per heavy atom. The van der Waals surface area contributed by atoms with E-state index >= 15 is 0 Å². The van der Waals surface area contributed by atoms with Crippen LogP contribution in [0.5, 0.6) is 0 Å². The van der Waals surface area contributed by atoms with Crippen molar-refractivity contribution < 1.29 is 4.79 Å². The summed E-state index contributed by atoms with van der Waals surface area (Å²) >= 11 is 6.00. The summed E-state index contributed by atoms with van der Waals surface area (Å²) in [4.78, 5) is 19.2. The van der Waals surface area contributed by atoms with Crippen molar-refractivity contribution in [2.24, 2.45) is 0 Å². The van der Waals surface area contributed by atoms with Gasteiger partial charge in [-0.3, -0.25) is 4.79 Å². The standard InChI is InChI=1S/C21H26ClN3O/c1-2-19-8-3-4-13-25(19)21(26)17-9-10-20(24-15-17)23-12-11-16-6-5-7-18(22)14-16/h5-7,9-10,14-15,19H,2-4,8,11-13H2,1H3,(H,23,24). The van der Waals surface area contributed by atoms with Crippen molar-refractivity contribution in [1.29, 1.82) is 0 Å². The Hall–Kier alpha value is -2.07. The quantitative estimate of drug-likeness (QED) is 0.793. The number of likely N-dealkylation sites (tertiary alicyclic amines) is 1. The summed E-state index contributed by atoms with van der Waals surface area (Å²) < 4.78 is 0. The predicted molar refractivity (Wildman–Crippen MR) is 107 cm³/mol. The number of carbonyl (C=O) groups is 1. The van der Waals surface area contributed by atoms with E-state index in [1.54, 1.807) is 6.20 Å². The molecule has 0 bridgehead atoms. The maximum atomic E-state index is 12.8. The monoisotopic (exact) mass is 371 g/mol. The number of nitrogens with one attached hydrogen (secondary N) is 1. The number of hydrogen-bond acceptors (Lipinski definition) is 3. The molecule has 3 rings (SSSR count). The third-order valence-electron chi connectivity index (χ3n) is 4.98. The number of aromatic nitrogens is 1. The van der Waals surface area contributed by atoms with Crippen molar-refractivity contribution in [3.05, 3.63) is 58.7 Å². The number of benzene rings is 1. The van der Waals surface area contributed by atoms with Crippen LogP contribution in [0.3, 0.4) is 0 Å². The van der Waals surface area contributed by atoms with E-state index in [2.05, 4.69) is 23.3 Å². The Bertz CT molecular complexity index is 732. The summed E-state index contributed by atoms with van der Waals surface area (Å²) in [5.74, 6) is 0.892. The number of halogens is 1. The van der Waals surface area contributed by atoms with Crippen molar-refractivity contribution in [2.45, 2.75) is 45.1 Å². The summed E-state index contributed by atoms with van der Waals surface area (Å²) in [7, 11) is 0. The molecular formula is C21H26ClN3O. The number of hydrogen-bond donors (Lipinski definition) is 1. The molecule has 1 unspecified atom stereocenters. The molecule has 1 aromatic heterocycles. The van der Waals surface area contributed by atoms with Gasteiger partial charge in [0.1, 0.15) is 5.82 Å². The van der Waals surface area contributed by atoms with Gasteiger partial charge in [-0.25, -0.2) is 4.98 Å². The molecule has 1 saturated heterocycles. The second-order valence-corrected chi connectivity index (χ2v) is 7.23. The van der Waals surface area contributed by atoms with Crippen molar-refractivity contribution in [3.8, 4) is 0 Å². The summed E-state index contributed by atoms with van der Waals surface area (Å²) in [6, 6.07) is 12.0. The van der Waals surface area contributed by atoms with Gasteiger partial charge in [0.25, 0.3) is 5.91 Å². The smallest absolute Gasteiger partial charge is 0.255 e. The SMILES string of the molecule is CCC1CCCCN1C(=O)c1ccc(NCCc2cccc(Cl)c2)nc1. The van der Waals surface area contributed by atoms with Crippen molar-refractivity contribution >= 4 is 23.3 Å². The van der Waals surface area contributed by atoms with Crippen LogP contribution in [-0.4, -0.2) is 34.9 Å². The first-order valence-corrected chi connectivity index (χ1v) is 9.80. The highest BCUT2D eigenvalue weighted by molar-refractivity contribution is 6.30. The van der Waals surface area contributed by atoms with Gasteiger partial charge in [-0.15, -0.1) is 0 Å². The van der Waals surface area contributed by atoms with Gasteiger partial charge in [0.2, 0.25) is 0 Å². The topological polar surface area (TPSA) is 45.2 Å². The van der Waals surface area contributed by atoms with Gasteiger partial charge in [-0.1, -0.05) is 30.7 Å². The van der Waals surface area contributed by atoms with Gasteiger partial charge in [0.15, 0.2) is 0 Å². The minimum absolute atomic E-state index is 0.106. The first-order chi connectivity index (χ1) is 12.7. The Balaban J connectivity index is 1.55. The third kappa shape index (κ3) is 4.76. The van der Waals surface area contributed by atoms with Gasteiger partial charge in [0.05, 0.1) is 5.56 Å². The summed E-state index contributed by atoms with van der Waals surface area (Å²) in [6.45, 7) is 3.78. The lowest BCUT2D eigenvalue weighted by molar-refractivity contribution is 0.0607. The van der Waals surface area contributed by atoms with E-state index in [0.717, 1.165) is 49.6 Å². The highest BCUT2D eigenvalue weighted by Gasteiger charge is 2.26. The minimum atomic E-state index is 0.106. The number of piperidine rings is 1. The van der Waals surface area contributed by atoms with Crippen LogP contribution in [0.4, 0.5) is 5.82 Å². The van der Waals surface area contributed by atoms with Gasteiger partial charge in [0, 0.05) is 30.4 Å². The molecule has 2 aromatic rings. The lowest BCUT2D eigenvalue weighted by Crippen LogP contribution is -2.43.